The normalized spacial score (nSPS) is 10.5. The van der Waals surface area contributed by atoms with Gasteiger partial charge in [-0.25, -0.2) is 0 Å². The van der Waals surface area contributed by atoms with Crippen molar-refractivity contribution in [3.63, 3.8) is 0 Å². The van der Waals surface area contributed by atoms with E-state index in [1.165, 1.54) is 26.5 Å². The van der Waals surface area contributed by atoms with Crippen molar-refractivity contribution in [3.8, 4) is 0 Å². The average molecular weight is 243 g/mol. The van der Waals surface area contributed by atoms with Gasteiger partial charge in [0, 0.05) is 15.5 Å². The molecule has 0 bridgehead atoms. The molecule has 0 amide bonds. The highest BCUT2D eigenvalue weighted by Gasteiger charge is 2.05. The molecule has 2 aromatic carbocycles. The van der Waals surface area contributed by atoms with E-state index >= 15 is 0 Å². The van der Waals surface area contributed by atoms with E-state index in [1.54, 1.807) is 11.8 Å². The zero-order valence-corrected chi connectivity index (χ0v) is 11.3. The molecule has 0 saturated heterocycles. The first-order chi connectivity index (χ1) is 8.06. The number of nitrogens with two attached hydrogens (primary N) is 1. The smallest absolute Gasteiger partial charge is 0.0314 e. The maximum atomic E-state index is 5.69. The van der Waals surface area contributed by atoms with E-state index in [1.807, 2.05) is 12.1 Å². The standard InChI is InChI=1S/C15H17NS/c1-10-8-11(2)15(12(3)9-10)17-14-6-4-13(16)5-7-14/h4-9H,16H2,1-3H3. The Morgan fingerprint density at radius 2 is 1.41 bits per heavy atom. The molecule has 88 valence electrons. The van der Waals surface area contributed by atoms with Crippen LogP contribution in [0.5, 0.6) is 0 Å². The second-order valence-electron chi connectivity index (χ2n) is 4.40. The molecule has 2 heteroatoms. The molecule has 0 aliphatic carbocycles. The number of anilines is 1. The van der Waals surface area contributed by atoms with Crippen LogP contribution in [0.1, 0.15) is 16.7 Å². The van der Waals surface area contributed by atoms with Gasteiger partial charge < -0.3 is 5.73 Å². The summed E-state index contributed by atoms with van der Waals surface area (Å²) in [4.78, 5) is 2.58. The molecule has 0 atom stereocenters. The van der Waals surface area contributed by atoms with E-state index in [4.69, 9.17) is 5.73 Å². The lowest BCUT2D eigenvalue weighted by Gasteiger charge is -2.10. The first kappa shape index (κ1) is 12.1. The summed E-state index contributed by atoms with van der Waals surface area (Å²) in [6.45, 7) is 6.47. The summed E-state index contributed by atoms with van der Waals surface area (Å²) < 4.78 is 0. The Bertz CT molecular complexity index is 506. The third kappa shape index (κ3) is 2.83. The molecule has 2 aromatic rings. The Hall–Kier alpha value is -1.41. The van der Waals surface area contributed by atoms with Crippen molar-refractivity contribution < 1.29 is 0 Å². The zero-order valence-electron chi connectivity index (χ0n) is 10.4. The fourth-order valence-corrected chi connectivity index (χ4v) is 2.93. The van der Waals surface area contributed by atoms with E-state index in [0.29, 0.717) is 0 Å². The Morgan fingerprint density at radius 3 is 1.94 bits per heavy atom. The van der Waals surface area contributed by atoms with Crippen molar-refractivity contribution in [1.29, 1.82) is 0 Å². The van der Waals surface area contributed by atoms with Crippen LogP contribution in [0.15, 0.2) is 46.2 Å². The summed E-state index contributed by atoms with van der Waals surface area (Å²) in [6, 6.07) is 12.5. The topological polar surface area (TPSA) is 26.0 Å². The van der Waals surface area contributed by atoms with E-state index in [9.17, 15) is 0 Å². The lowest BCUT2D eigenvalue weighted by molar-refractivity contribution is 1.19. The average Bonchev–Trinajstić information content (AvgIpc) is 2.26. The number of hydrogen-bond donors (Lipinski definition) is 1. The quantitative estimate of drug-likeness (QED) is 0.794. The fourth-order valence-electron chi connectivity index (χ4n) is 1.98. The molecule has 0 fully saturated rings. The summed E-state index contributed by atoms with van der Waals surface area (Å²) >= 11 is 1.80. The SMILES string of the molecule is Cc1cc(C)c(Sc2ccc(N)cc2)c(C)c1. The van der Waals surface area contributed by atoms with Crippen LogP contribution in [0.3, 0.4) is 0 Å². The molecule has 2 rings (SSSR count). The summed E-state index contributed by atoms with van der Waals surface area (Å²) in [5.74, 6) is 0. The van der Waals surface area contributed by atoms with Crippen LogP contribution in [-0.2, 0) is 0 Å². The van der Waals surface area contributed by atoms with Crippen molar-refractivity contribution in [2.45, 2.75) is 30.6 Å². The largest absolute Gasteiger partial charge is 0.399 e. The van der Waals surface area contributed by atoms with Gasteiger partial charge in [0.05, 0.1) is 0 Å². The van der Waals surface area contributed by atoms with Crippen LogP contribution in [0.25, 0.3) is 0 Å². The lowest BCUT2D eigenvalue weighted by atomic mass is 10.1. The second kappa shape index (κ2) is 4.84. The number of aryl methyl sites for hydroxylation is 3. The highest BCUT2D eigenvalue weighted by Crippen LogP contribution is 2.33. The van der Waals surface area contributed by atoms with E-state index in [0.717, 1.165) is 5.69 Å². The van der Waals surface area contributed by atoms with E-state index in [-0.39, 0.29) is 0 Å². The third-order valence-corrected chi connectivity index (χ3v) is 4.06. The first-order valence-corrected chi connectivity index (χ1v) is 6.49. The summed E-state index contributed by atoms with van der Waals surface area (Å²) in [6.07, 6.45) is 0. The van der Waals surface area contributed by atoms with Crippen molar-refractivity contribution in [1.82, 2.24) is 0 Å². The number of rotatable bonds is 2. The van der Waals surface area contributed by atoms with Gasteiger partial charge in [-0.15, -0.1) is 0 Å². The molecule has 0 aromatic heterocycles. The minimum Gasteiger partial charge on any atom is -0.399 e. The molecule has 0 aliphatic heterocycles. The number of hydrogen-bond acceptors (Lipinski definition) is 2. The fraction of sp³-hybridized carbons (Fsp3) is 0.200. The van der Waals surface area contributed by atoms with Gasteiger partial charge in [0.15, 0.2) is 0 Å². The molecule has 0 heterocycles. The minimum absolute atomic E-state index is 0.812. The van der Waals surface area contributed by atoms with Gasteiger partial charge in [0.1, 0.15) is 0 Å². The van der Waals surface area contributed by atoms with E-state index < -0.39 is 0 Å². The predicted octanol–water partition coefficient (Wildman–Crippen LogP) is 4.35. The van der Waals surface area contributed by atoms with Gasteiger partial charge in [-0.05, 0) is 56.2 Å². The van der Waals surface area contributed by atoms with Crippen LogP contribution >= 0.6 is 11.8 Å². The second-order valence-corrected chi connectivity index (χ2v) is 5.48. The van der Waals surface area contributed by atoms with Gasteiger partial charge in [-0.2, -0.15) is 0 Å². The van der Waals surface area contributed by atoms with Gasteiger partial charge in [0.25, 0.3) is 0 Å². The third-order valence-electron chi connectivity index (χ3n) is 2.70. The maximum absolute atomic E-state index is 5.69. The van der Waals surface area contributed by atoms with Crippen LogP contribution < -0.4 is 5.73 Å². The summed E-state index contributed by atoms with van der Waals surface area (Å²) in [5, 5.41) is 0. The Labute approximate surface area is 107 Å². The van der Waals surface area contributed by atoms with Gasteiger partial charge >= 0.3 is 0 Å². The molecule has 0 spiro atoms. The monoisotopic (exact) mass is 243 g/mol. The highest BCUT2D eigenvalue weighted by atomic mass is 32.2. The van der Waals surface area contributed by atoms with Gasteiger partial charge in [-0.1, -0.05) is 29.5 Å². The van der Waals surface area contributed by atoms with Gasteiger partial charge in [-0.3, -0.25) is 0 Å². The minimum atomic E-state index is 0.812. The first-order valence-electron chi connectivity index (χ1n) is 5.67. The van der Waals surface area contributed by atoms with Crippen molar-refractivity contribution in [2.24, 2.45) is 0 Å². The van der Waals surface area contributed by atoms with Crippen molar-refractivity contribution in [3.05, 3.63) is 53.1 Å². The van der Waals surface area contributed by atoms with Crippen molar-refractivity contribution in [2.75, 3.05) is 5.73 Å². The van der Waals surface area contributed by atoms with Crippen LogP contribution in [0.4, 0.5) is 5.69 Å². The highest BCUT2D eigenvalue weighted by molar-refractivity contribution is 7.99. The number of nitrogen functional groups attached to an aromatic ring is 1. The zero-order chi connectivity index (χ0) is 12.4. The maximum Gasteiger partial charge on any atom is 0.0314 e. The molecular formula is C15H17NS. The summed E-state index contributed by atoms with van der Waals surface area (Å²) in [5.41, 5.74) is 10.5. The van der Waals surface area contributed by atoms with Crippen LogP contribution in [0, 0.1) is 20.8 Å². The predicted molar refractivity (Wildman–Crippen MR) is 75.6 cm³/mol. The van der Waals surface area contributed by atoms with Crippen LogP contribution in [0.2, 0.25) is 0 Å². The Balaban J connectivity index is 2.33. The Morgan fingerprint density at radius 1 is 0.882 bits per heavy atom. The molecule has 0 unspecified atom stereocenters. The molecule has 17 heavy (non-hydrogen) atoms. The molecular weight excluding hydrogens is 226 g/mol. The molecule has 2 N–H and O–H groups in total. The lowest BCUT2D eigenvalue weighted by Crippen LogP contribution is -1.88. The number of benzene rings is 2. The Kier molecular flexibility index (Phi) is 3.43. The van der Waals surface area contributed by atoms with Gasteiger partial charge in [0.2, 0.25) is 0 Å². The molecule has 0 aliphatic rings. The van der Waals surface area contributed by atoms with Crippen molar-refractivity contribution >= 4 is 17.4 Å². The molecule has 0 saturated carbocycles. The summed E-state index contributed by atoms with van der Waals surface area (Å²) in [7, 11) is 0. The van der Waals surface area contributed by atoms with Crippen LogP contribution in [-0.4, -0.2) is 0 Å². The van der Waals surface area contributed by atoms with E-state index in [2.05, 4.69) is 45.0 Å². The molecule has 1 nitrogen and oxygen atoms in total. The molecule has 0 radical (unpaired) electrons.